The number of ether oxygens (including phenoxy) is 1. The van der Waals surface area contributed by atoms with E-state index < -0.39 is 0 Å². The summed E-state index contributed by atoms with van der Waals surface area (Å²) < 4.78 is 6.39. The van der Waals surface area contributed by atoms with Crippen molar-refractivity contribution in [2.75, 3.05) is 6.61 Å². The molecule has 0 heterocycles. The molecule has 0 bridgehead atoms. The third-order valence-corrected chi connectivity index (χ3v) is 4.36. The van der Waals surface area contributed by atoms with E-state index in [1.807, 2.05) is 49.4 Å². The molecule has 0 spiro atoms. The second kappa shape index (κ2) is 8.30. The van der Waals surface area contributed by atoms with Gasteiger partial charge in [0.2, 0.25) is 0 Å². The first-order chi connectivity index (χ1) is 11.8. The summed E-state index contributed by atoms with van der Waals surface area (Å²) in [6.07, 6.45) is 1.63. The largest absolute Gasteiger partial charge is 0.483 e. The summed E-state index contributed by atoms with van der Waals surface area (Å²) in [5.74, 6) is 0.322. The van der Waals surface area contributed by atoms with Gasteiger partial charge in [0.25, 0.3) is 5.91 Å². The summed E-state index contributed by atoms with van der Waals surface area (Å²) in [6, 6.07) is 13.7. The van der Waals surface area contributed by atoms with Crippen LogP contribution in [0.4, 0.5) is 0 Å². The Morgan fingerprint density at radius 1 is 1.24 bits per heavy atom. The Morgan fingerprint density at radius 2 is 1.96 bits per heavy atom. The molecule has 4 nitrogen and oxygen atoms in total. The second-order valence-electron chi connectivity index (χ2n) is 6.83. The van der Waals surface area contributed by atoms with Gasteiger partial charge in [-0.05, 0) is 57.1 Å². The Hall–Kier alpha value is -2.14. The van der Waals surface area contributed by atoms with E-state index in [0.29, 0.717) is 5.75 Å². The molecule has 0 saturated heterocycles. The molecule has 0 unspecified atom stereocenters. The van der Waals surface area contributed by atoms with Crippen molar-refractivity contribution in [3.05, 3.63) is 63.6 Å². The number of carbonyl (C=O) groups is 1. The summed E-state index contributed by atoms with van der Waals surface area (Å²) in [5.41, 5.74) is 5.78. The van der Waals surface area contributed by atoms with Gasteiger partial charge in [-0.25, -0.2) is 5.43 Å². The monoisotopic (exact) mass is 402 g/mol. The quantitative estimate of drug-likeness (QED) is 0.587. The smallest absolute Gasteiger partial charge is 0.277 e. The highest BCUT2D eigenvalue weighted by Crippen LogP contribution is 2.31. The highest BCUT2D eigenvalue weighted by Gasteiger charge is 2.15. The molecule has 2 rings (SSSR count). The molecular weight excluding hydrogens is 380 g/mol. The number of halogens is 1. The van der Waals surface area contributed by atoms with E-state index in [2.05, 4.69) is 47.2 Å². The number of rotatable bonds is 5. The predicted octanol–water partition coefficient (Wildman–Crippen LogP) is 4.58. The number of aryl methyl sites for hydroxylation is 1. The number of nitrogens with zero attached hydrogens (tertiary/aromatic N) is 1. The zero-order valence-electron chi connectivity index (χ0n) is 15.0. The zero-order valence-corrected chi connectivity index (χ0v) is 16.6. The lowest BCUT2D eigenvalue weighted by molar-refractivity contribution is -0.123. The van der Waals surface area contributed by atoms with Crippen LogP contribution in [0.15, 0.2) is 52.0 Å². The Kier molecular flexibility index (Phi) is 6.37. The average Bonchev–Trinajstić information content (AvgIpc) is 2.54. The maximum Gasteiger partial charge on any atom is 0.277 e. The first kappa shape index (κ1) is 19.2. The van der Waals surface area contributed by atoms with E-state index in [1.165, 1.54) is 5.56 Å². The van der Waals surface area contributed by atoms with Crippen molar-refractivity contribution in [1.29, 1.82) is 0 Å². The van der Waals surface area contributed by atoms with Crippen LogP contribution < -0.4 is 10.2 Å². The molecule has 1 amide bonds. The first-order valence-electron chi connectivity index (χ1n) is 8.08. The fourth-order valence-corrected chi connectivity index (χ4v) is 2.66. The van der Waals surface area contributed by atoms with Crippen molar-refractivity contribution in [3.63, 3.8) is 0 Å². The van der Waals surface area contributed by atoms with Crippen molar-refractivity contribution < 1.29 is 9.53 Å². The maximum absolute atomic E-state index is 11.9. The molecule has 0 fully saturated rings. The Balaban J connectivity index is 1.89. The molecule has 0 aliphatic rings. The second-order valence-corrected chi connectivity index (χ2v) is 7.69. The molecule has 0 aliphatic heterocycles. The minimum atomic E-state index is -0.309. The van der Waals surface area contributed by atoms with E-state index in [0.717, 1.165) is 15.6 Å². The lowest BCUT2D eigenvalue weighted by Crippen LogP contribution is -2.24. The van der Waals surface area contributed by atoms with E-state index in [4.69, 9.17) is 4.74 Å². The average molecular weight is 403 g/mol. The summed E-state index contributed by atoms with van der Waals surface area (Å²) in [4.78, 5) is 11.9. The number of amides is 1. The minimum Gasteiger partial charge on any atom is -0.483 e. The Labute approximate surface area is 157 Å². The van der Waals surface area contributed by atoms with E-state index in [1.54, 1.807) is 6.21 Å². The van der Waals surface area contributed by atoms with E-state index >= 15 is 0 Å². The molecule has 132 valence electrons. The maximum atomic E-state index is 11.9. The SMILES string of the molecule is Cc1ccccc1C=NNC(=O)COc1ccc(C(C)(C)C)cc1Br. The van der Waals surface area contributed by atoms with Gasteiger partial charge in [-0.15, -0.1) is 0 Å². The number of nitrogens with one attached hydrogen (secondary N) is 1. The molecular formula is C20H23BrN2O2. The van der Waals surface area contributed by atoms with Crippen LogP contribution in [0.1, 0.15) is 37.5 Å². The van der Waals surface area contributed by atoms with Gasteiger partial charge in [-0.1, -0.05) is 51.1 Å². The van der Waals surface area contributed by atoms with Crippen LogP contribution in [0.3, 0.4) is 0 Å². The fourth-order valence-electron chi connectivity index (χ4n) is 2.17. The highest BCUT2D eigenvalue weighted by molar-refractivity contribution is 9.10. The van der Waals surface area contributed by atoms with Crippen LogP contribution in [-0.4, -0.2) is 18.7 Å². The molecule has 25 heavy (non-hydrogen) atoms. The normalized spacial score (nSPS) is 11.6. The number of hydrogen-bond acceptors (Lipinski definition) is 3. The number of carbonyl (C=O) groups excluding carboxylic acids is 1. The van der Waals surface area contributed by atoms with Crippen molar-refractivity contribution >= 4 is 28.1 Å². The molecule has 0 saturated carbocycles. The van der Waals surface area contributed by atoms with Crippen LogP contribution in [0.2, 0.25) is 0 Å². The van der Waals surface area contributed by atoms with Gasteiger partial charge in [0, 0.05) is 0 Å². The molecule has 5 heteroatoms. The van der Waals surface area contributed by atoms with Crippen LogP contribution in [0, 0.1) is 6.92 Å². The molecule has 0 aromatic heterocycles. The van der Waals surface area contributed by atoms with E-state index in [-0.39, 0.29) is 17.9 Å². The number of hydrogen-bond donors (Lipinski definition) is 1. The van der Waals surface area contributed by atoms with Crippen molar-refractivity contribution in [1.82, 2.24) is 5.43 Å². The van der Waals surface area contributed by atoms with Crippen molar-refractivity contribution in [3.8, 4) is 5.75 Å². The highest BCUT2D eigenvalue weighted by atomic mass is 79.9. The minimum absolute atomic E-state index is 0.0582. The van der Waals surface area contributed by atoms with Gasteiger partial charge in [-0.2, -0.15) is 5.10 Å². The van der Waals surface area contributed by atoms with Crippen molar-refractivity contribution in [2.24, 2.45) is 5.10 Å². The van der Waals surface area contributed by atoms with Gasteiger partial charge in [0.1, 0.15) is 5.75 Å². The topological polar surface area (TPSA) is 50.7 Å². The summed E-state index contributed by atoms with van der Waals surface area (Å²) in [5, 5.41) is 3.97. The first-order valence-corrected chi connectivity index (χ1v) is 8.87. The molecule has 0 atom stereocenters. The summed E-state index contributed by atoms with van der Waals surface area (Å²) >= 11 is 3.49. The number of hydrazone groups is 1. The summed E-state index contributed by atoms with van der Waals surface area (Å²) in [6.45, 7) is 8.34. The van der Waals surface area contributed by atoms with Gasteiger partial charge in [0.05, 0.1) is 10.7 Å². The van der Waals surface area contributed by atoms with Gasteiger partial charge >= 0.3 is 0 Å². The fraction of sp³-hybridized carbons (Fsp3) is 0.300. The molecule has 2 aromatic rings. The lowest BCUT2D eigenvalue weighted by atomic mass is 9.87. The van der Waals surface area contributed by atoms with Crippen molar-refractivity contribution in [2.45, 2.75) is 33.1 Å². The Bertz CT molecular complexity index is 780. The Morgan fingerprint density at radius 3 is 2.60 bits per heavy atom. The van der Waals surface area contributed by atoms with Gasteiger partial charge in [-0.3, -0.25) is 4.79 Å². The van der Waals surface area contributed by atoms with Crippen LogP contribution in [0.5, 0.6) is 5.75 Å². The number of benzene rings is 2. The predicted molar refractivity (Wildman–Crippen MR) is 105 cm³/mol. The van der Waals surface area contributed by atoms with Gasteiger partial charge in [0.15, 0.2) is 6.61 Å². The molecule has 0 radical (unpaired) electrons. The van der Waals surface area contributed by atoms with E-state index in [9.17, 15) is 4.79 Å². The van der Waals surface area contributed by atoms with Crippen LogP contribution >= 0.6 is 15.9 Å². The van der Waals surface area contributed by atoms with Gasteiger partial charge < -0.3 is 4.74 Å². The third kappa shape index (κ3) is 5.71. The zero-order chi connectivity index (χ0) is 18.4. The van der Waals surface area contributed by atoms with Crippen LogP contribution in [-0.2, 0) is 10.2 Å². The lowest BCUT2D eigenvalue weighted by Gasteiger charge is -2.20. The third-order valence-electron chi connectivity index (χ3n) is 3.74. The molecule has 1 N–H and O–H groups in total. The summed E-state index contributed by atoms with van der Waals surface area (Å²) in [7, 11) is 0. The standard InChI is InChI=1S/C20H23BrN2O2/c1-14-7-5-6-8-15(14)12-22-23-19(24)13-25-18-10-9-16(11-17(18)21)20(2,3)4/h5-12H,13H2,1-4H3,(H,23,24). The van der Waals surface area contributed by atoms with Crippen LogP contribution in [0.25, 0.3) is 0 Å². The molecule has 0 aliphatic carbocycles. The molecule has 2 aromatic carbocycles.